The molecule has 0 unspecified atom stereocenters. The van der Waals surface area contributed by atoms with Crippen LogP contribution in [0.15, 0.2) is 42.7 Å². The number of benzene rings is 1. The molecule has 0 amide bonds. The number of nitrogens with zero attached hydrogens (tertiary/aromatic N) is 2. The van der Waals surface area contributed by atoms with Crippen LogP contribution in [-0.4, -0.2) is 35.6 Å². The molecule has 25 heavy (non-hydrogen) atoms. The van der Waals surface area contributed by atoms with Crippen LogP contribution in [0.5, 0.6) is 5.75 Å². The van der Waals surface area contributed by atoms with Crippen molar-refractivity contribution >= 4 is 0 Å². The van der Waals surface area contributed by atoms with E-state index < -0.39 is 0 Å². The van der Waals surface area contributed by atoms with E-state index in [1.165, 1.54) is 29.5 Å². The first-order valence-electron chi connectivity index (χ1n) is 9.31. The molecule has 1 fully saturated rings. The van der Waals surface area contributed by atoms with Crippen molar-refractivity contribution in [3.8, 4) is 5.75 Å². The van der Waals surface area contributed by atoms with Gasteiger partial charge in [-0.25, -0.2) is 0 Å². The Hall–Kier alpha value is -1.91. The Morgan fingerprint density at radius 3 is 2.80 bits per heavy atom. The van der Waals surface area contributed by atoms with Gasteiger partial charge in [0.15, 0.2) is 0 Å². The second kappa shape index (κ2) is 8.97. The van der Waals surface area contributed by atoms with Crippen LogP contribution in [0.4, 0.5) is 0 Å². The van der Waals surface area contributed by atoms with Crippen molar-refractivity contribution < 1.29 is 4.74 Å². The minimum absolute atomic E-state index is 0.584. The van der Waals surface area contributed by atoms with E-state index in [0.717, 1.165) is 31.9 Å². The minimum atomic E-state index is 0.584. The molecule has 1 aliphatic rings. The predicted octanol–water partition coefficient (Wildman–Crippen LogP) is 3.54. The highest BCUT2D eigenvalue weighted by Crippen LogP contribution is 2.21. The van der Waals surface area contributed by atoms with Crippen LogP contribution in [0.25, 0.3) is 0 Å². The van der Waals surface area contributed by atoms with Crippen molar-refractivity contribution in [2.24, 2.45) is 0 Å². The fourth-order valence-corrected chi connectivity index (χ4v) is 3.40. The number of rotatable bonds is 7. The molecule has 134 valence electrons. The van der Waals surface area contributed by atoms with Gasteiger partial charge in [-0.05, 0) is 63.0 Å². The Balaban J connectivity index is 1.46. The lowest BCUT2D eigenvalue weighted by Gasteiger charge is -2.32. The summed E-state index contributed by atoms with van der Waals surface area (Å²) in [7, 11) is 0. The lowest BCUT2D eigenvalue weighted by atomic mass is 10.0. The van der Waals surface area contributed by atoms with Crippen LogP contribution < -0.4 is 10.1 Å². The summed E-state index contributed by atoms with van der Waals surface area (Å²) in [6.07, 6.45) is 6.18. The third-order valence-corrected chi connectivity index (χ3v) is 4.82. The highest BCUT2D eigenvalue weighted by atomic mass is 16.5. The van der Waals surface area contributed by atoms with Gasteiger partial charge < -0.3 is 10.1 Å². The summed E-state index contributed by atoms with van der Waals surface area (Å²) in [6, 6.07) is 11.2. The molecule has 1 N–H and O–H groups in total. The summed E-state index contributed by atoms with van der Waals surface area (Å²) in [5, 5.41) is 3.72. The van der Waals surface area contributed by atoms with Crippen LogP contribution in [0, 0.1) is 6.92 Å². The molecule has 0 atom stereocenters. The standard InChI is InChI=1S/C21H29N3O/c1-3-25-21-13-17(2)6-7-19(21)15-23-20-8-11-24(12-9-20)16-18-5-4-10-22-14-18/h4-7,10,13-14,20,23H,3,8-9,11-12,15-16H2,1-2H3. The Labute approximate surface area is 151 Å². The van der Waals surface area contributed by atoms with Crippen molar-refractivity contribution in [2.75, 3.05) is 19.7 Å². The summed E-state index contributed by atoms with van der Waals surface area (Å²) in [5.74, 6) is 1.02. The average Bonchev–Trinajstić information content (AvgIpc) is 2.63. The fourth-order valence-electron chi connectivity index (χ4n) is 3.40. The fraction of sp³-hybridized carbons (Fsp3) is 0.476. The van der Waals surface area contributed by atoms with Gasteiger partial charge in [0.1, 0.15) is 5.75 Å². The van der Waals surface area contributed by atoms with Gasteiger partial charge >= 0.3 is 0 Å². The molecular formula is C21H29N3O. The van der Waals surface area contributed by atoms with Gasteiger partial charge in [0.25, 0.3) is 0 Å². The first kappa shape index (κ1) is 17.9. The predicted molar refractivity (Wildman–Crippen MR) is 102 cm³/mol. The zero-order chi connectivity index (χ0) is 17.5. The normalized spacial score (nSPS) is 16.1. The number of hydrogen-bond acceptors (Lipinski definition) is 4. The Morgan fingerprint density at radius 2 is 2.08 bits per heavy atom. The quantitative estimate of drug-likeness (QED) is 0.837. The maximum atomic E-state index is 5.79. The molecule has 0 bridgehead atoms. The Kier molecular flexibility index (Phi) is 6.42. The monoisotopic (exact) mass is 339 g/mol. The molecule has 4 nitrogen and oxygen atoms in total. The van der Waals surface area contributed by atoms with Crippen molar-refractivity contribution in [3.63, 3.8) is 0 Å². The summed E-state index contributed by atoms with van der Waals surface area (Å²) in [6.45, 7) is 9.02. The summed E-state index contributed by atoms with van der Waals surface area (Å²) < 4.78 is 5.79. The zero-order valence-electron chi connectivity index (χ0n) is 15.4. The molecule has 0 aliphatic carbocycles. The number of aromatic nitrogens is 1. The largest absolute Gasteiger partial charge is 0.494 e. The van der Waals surface area contributed by atoms with Gasteiger partial charge in [0, 0.05) is 37.1 Å². The van der Waals surface area contributed by atoms with Crippen LogP contribution in [0.1, 0.15) is 36.5 Å². The smallest absolute Gasteiger partial charge is 0.124 e. The first-order valence-corrected chi connectivity index (χ1v) is 9.31. The Morgan fingerprint density at radius 1 is 1.24 bits per heavy atom. The summed E-state index contributed by atoms with van der Waals surface area (Å²) in [5.41, 5.74) is 3.80. The van der Waals surface area contributed by atoms with Crippen LogP contribution in [-0.2, 0) is 13.1 Å². The number of aryl methyl sites for hydroxylation is 1. The van der Waals surface area contributed by atoms with Crippen molar-refractivity contribution in [1.29, 1.82) is 0 Å². The SMILES string of the molecule is CCOc1cc(C)ccc1CNC1CCN(Cc2cccnc2)CC1. The zero-order valence-corrected chi connectivity index (χ0v) is 15.4. The van der Waals surface area contributed by atoms with Crippen molar-refractivity contribution in [1.82, 2.24) is 15.2 Å². The molecule has 2 heterocycles. The second-order valence-electron chi connectivity index (χ2n) is 6.84. The minimum Gasteiger partial charge on any atom is -0.494 e. The topological polar surface area (TPSA) is 37.4 Å². The molecule has 1 aliphatic heterocycles. The van der Waals surface area contributed by atoms with E-state index in [9.17, 15) is 0 Å². The first-order chi connectivity index (χ1) is 12.2. The van der Waals surface area contributed by atoms with Crippen LogP contribution in [0.3, 0.4) is 0 Å². The van der Waals surface area contributed by atoms with E-state index in [1.54, 1.807) is 0 Å². The summed E-state index contributed by atoms with van der Waals surface area (Å²) in [4.78, 5) is 6.73. The summed E-state index contributed by atoms with van der Waals surface area (Å²) >= 11 is 0. The molecule has 1 aromatic carbocycles. The molecule has 1 saturated heterocycles. The van der Waals surface area contributed by atoms with Crippen LogP contribution >= 0.6 is 0 Å². The second-order valence-corrected chi connectivity index (χ2v) is 6.84. The highest BCUT2D eigenvalue weighted by molar-refractivity contribution is 5.37. The Bertz CT molecular complexity index is 651. The third kappa shape index (κ3) is 5.28. The highest BCUT2D eigenvalue weighted by Gasteiger charge is 2.19. The number of likely N-dealkylation sites (tertiary alicyclic amines) is 1. The number of pyridine rings is 1. The van der Waals surface area contributed by atoms with Crippen LogP contribution in [0.2, 0.25) is 0 Å². The number of hydrogen-bond donors (Lipinski definition) is 1. The lowest BCUT2D eigenvalue weighted by molar-refractivity contribution is 0.189. The van der Waals surface area contributed by atoms with Gasteiger partial charge in [-0.15, -0.1) is 0 Å². The van der Waals surface area contributed by atoms with Gasteiger partial charge in [-0.3, -0.25) is 9.88 Å². The maximum Gasteiger partial charge on any atom is 0.124 e. The third-order valence-electron chi connectivity index (χ3n) is 4.82. The van der Waals surface area contributed by atoms with E-state index in [4.69, 9.17) is 4.74 Å². The van der Waals surface area contributed by atoms with E-state index in [1.807, 2.05) is 25.4 Å². The van der Waals surface area contributed by atoms with Crippen molar-refractivity contribution in [2.45, 2.75) is 45.8 Å². The molecule has 0 radical (unpaired) electrons. The van der Waals surface area contributed by atoms with Gasteiger partial charge in [0.05, 0.1) is 6.61 Å². The number of nitrogens with one attached hydrogen (secondary N) is 1. The van der Waals surface area contributed by atoms with Gasteiger partial charge in [-0.1, -0.05) is 18.2 Å². The maximum absolute atomic E-state index is 5.79. The average molecular weight is 339 g/mol. The van der Waals surface area contributed by atoms with E-state index in [2.05, 4.69) is 46.4 Å². The lowest BCUT2D eigenvalue weighted by Crippen LogP contribution is -2.41. The molecule has 0 spiro atoms. The van der Waals surface area contributed by atoms with E-state index in [0.29, 0.717) is 12.6 Å². The molecule has 2 aromatic rings. The van der Waals surface area contributed by atoms with E-state index >= 15 is 0 Å². The number of ether oxygens (including phenoxy) is 1. The van der Waals surface area contributed by atoms with Gasteiger partial charge in [-0.2, -0.15) is 0 Å². The molecule has 3 rings (SSSR count). The molecule has 4 heteroatoms. The molecule has 1 aromatic heterocycles. The molecule has 0 saturated carbocycles. The molecular weight excluding hydrogens is 310 g/mol. The van der Waals surface area contributed by atoms with Gasteiger partial charge in [0.2, 0.25) is 0 Å². The number of piperidine rings is 1. The van der Waals surface area contributed by atoms with E-state index in [-0.39, 0.29) is 0 Å². The van der Waals surface area contributed by atoms with Crippen molar-refractivity contribution in [3.05, 3.63) is 59.4 Å².